The lowest BCUT2D eigenvalue weighted by Gasteiger charge is -2.09. The van der Waals surface area contributed by atoms with E-state index in [4.69, 9.17) is 10.5 Å². The van der Waals surface area contributed by atoms with Crippen LogP contribution in [0.15, 0.2) is 53.4 Å². The summed E-state index contributed by atoms with van der Waals surface area (Å²) in [7, 11) is -4.07. The number of ether oxygens (including phenoxy) is 1. The molecular formula is C15H14N2O5S. The molecule has 0 saturated carbocycles. The number of carbonyl (C=O) groups excluding carboxylic acids is 2. The smallest absolute Gasteiger partial charge is 0.409 e. The maximum Gasteiger partial charge on any atom is 0.426 e. The van der Waals surface area contributed by atoms with Crippen molar-refractivity contribution in [2.75, 3.05) is 0 Å². The van der Waals surface area contributed by atoms with Crippen LogP contribution in [0, 0.1) is 6.92 Å². The lowest BCUT2D eigenvalue weighted by Crippen LogP contribution is -2.33. The Morgan fingerprint density at radius 2 is 1.65 bits per heavy atom. The highest BCUT2D eigenvalue weighted by molar-refractivity contribution is 7.90. The fraction of sp³-hybridized carbons (Fsp3) is 0.0667. The van der Waals surface area contributed by atoms with Crippen LogP contribution in [0.2, 0.25) is 0 Å². The average molecular weight is 334 g/mol. The second-order valence-electron chi connectivity index (χ2n) is 4.67. The Balaban J connectivity index is 2.16. The summed E-state index contributed by atoms with van der Waals surface area (Å²) < 4.78 is 30.7. The Morgan fingerprint density at radius 3 is 2.26 bits per heavy atom. The van der Waals surface area contributed by atoms with Gasteiger partial charge in [-0.1, -0.05) is 29.8 Å². The number of amides is 2. The third kappa shape index (κ3) is 4.07. The highest BCUT2D eigenvalue weighted by Crippen LogP contribution is 2.18. The van der Waals surface area contributed by atoms with Crippen LogP contribution in [-0.2, 0) is 10.0 Å². The number of sulfonamides is 1. The molecular weight excluding hydrogens is 320 g/mol. The zero-order valence-corrected chi connectivity index (χ0v) is 13.0. The van der Waals surface area contributed by atoms with Gasteiger partial charge in [-0.15, -0.1) is 0 Å². The molecule has 120 valence electrons. The number of hydrogen-bond donors (Lipinski definition) is 2. The molecule has 0 spiro atoms. The molecule has 0 aliphatic heterocycles. The van der Waals surface area contributed by atoms with Gasteiger partial charge < -0.3 is 10.5 Å². The standard InChI is InChI=1S/C15H14N2O5S/c1-10-6-8-11(9-7-10)23(20,21)17-15(19)22-13-5-3-2-4-12(13)14(16)18/h2-9H,1H3,(H2,16,18)(H,17,19). The first-order chi connectivity index (χ1) is 10.8. The van der Waals surface area contributed by atoms with Gasteiger partial charge >= 0.3 is 6.09 Å². The molecule has 0 aliphatic rings. The van der Waals surface area contributed by atoms with E-state index in [-0.39, 0.29) is 16.2 Å². The van der Waals surface area contributed by atoms with Crippen LogP contribution in [0.1, 0.15) is 15.9 Å². The van der Waals surface area contributed by atoms with E-state index >= 15 is 0 Å². The first kappa shape index (κ1) is 16.5. The van der Waals surface area contributed by atoms with Crippen LogP contribution < -0.4 is 15.2 Å². The number of nitrogens with one attached hydrogen (secondary N) is 1. The highest BCUT2D eigenvalue weighted by Gasteiger charge is 2.20. The van der Waals surface area contributed by atoms with Crippen molar-refractivity contribution < 1.29 is 22.7 Å². The van der Waals surface area contributed by atoms with Gasteiger partial charge in [0.25, 0.3) is 15.9 Å². The molecule has 2 rings (SSSR count). The van der Waals surface area contributed by atoms with Crippen molar-refractivity contribution in [3.05, 3.63) is 59.7 Å². The Bertz CT molecular complexity index is 844. The molecule has 0 heterocycles. The molecule has 0 bridgehead atoms. The molecule has 0 radical (unpaired) electrons. The van der Waals surface area contributed by atoms with E-state index in [0.717, 1.165) is 5.56 Å². The molecule has 0 unspecified atom stereocenters. The topological polar surface area (TPSA) is 116 Å². The summed E-state index contributed by atoms with van der Waals surface area (Å²) in [4.78, 5) is 22.9. The Labute approximate surface area is 133 Å². The Hall–Kier alpha value is -2.87. The first-order valence-electron chi connectivity index (χ1n) is 6.50. The summed E-state index contributed by atoms with van der Waals surface area (Å²) in [5.74, 6) is -0.925. The van der Waals surface area contributed by atoms with Crippen molar-refractivity contribution in [2.45, 2.75) is 11.8 Å². The van der Waals surface area contributed by atoms with Crippen molar-refractivity contribution in [1.29, 1.82) is 0 Å². The van der Waals surface area contributed by atoms with E-state index in [0.29, 0.717) is 0 Å². The summed E-state index contributed by atoms with van der Waals surface area (Å²) >= 11 is 0. The molecule has 0 fully saturated rings. The molecule has 2 aromatic rings. The molecule has 8 heteroatoms. The van der Waals surface area contributed by atoms with Crippen molar-refractivity contribution in [3.8, 4) is 5.75 Å². The monoisotopic (exact) mass is 334 g/mol. The molecule has 0 atom stereocenters. The van der Waals surface area contributed by atoms with E-state index in [9.17, 15) is 18.0 Å². The summed E-state index contributed by atoms with van der Waals surface area (Å²) in [6.07, 6.45) is -1.24. The number of carbonyl (C=O) groups is 2. The van der Waals surface area contributed by atoms with Gasteiger partial charge in [0.15, 0.2) is 0 Å². The molecule has 0 aliphatic carbocycles. The van der Waals surface area contributed by atoms with E-state index < -0.39 is 22.0 Å². The fourth-order valence-electron chi connectivity index (χ4n) is 1.77. The Kier molecular flexibility index (Phi) is 4.65. The summed E-state index contributed by atoms with van der Waals surface area (Å²) in [5, 5.41) is 0. The Morgan fingerprint density at radius 1 is 1.04 bits per heavy atom. The predicted molar refractivity (Wildman–Crippen MR) is 82.5 cm³/mol. The molecule has 23 heavy (non-hydrogen) atoms. The number of nitrogens with two attached hydrogens (primary N) is 1. The van der Waals surface area contributed by atoms with Crippen molar-refractivity contribution in [2.24, 2.45) is 5.73 Å². The SMILES string of the molecule is Cc1ccc(S(=O)(=O)NC(=O)Oc2ccccc2C(N)=O)cc1. The highest BCUT2D eigenvalue weighted by atomic mass is 32.2. The van der Waals surface area contributed by atoms with Gasteiger partial charge in [0.2, 0.25) is 0 Å². The maximum atomic E-state index is 12.1. The zero-order chi connectivity index (χ0) is 17.0. The molecule has 2 aromatic carbocycles. The number of rotatable bonds is 4. The summed E-state index contributed by atoms with van der Waals surface area (Å²) in [5.41, 5.74) is 6.00. The lowest BCUT2D eigenvalue weighted by atomic mass is 10.2. The van der Waals surface area contributed by atoms with Crippen LogP contribution in [-0.4, -0.2) is 20.4 Å². The third-order valence-electron chi connectivity index (χ3n) is 2.90. The van der Waals surface area contributed by atoms with E-state index in [1.54, 1.807) is 23.8 Å². The fourth-order valence-corrected chi connectivity index (χ4v) is 2.64. The second kappa shape index (κ2) is 6.49. The second-order valence-corrected chi connectivity index (χ2v) is 6.35. The van der Waals surface area contributed by atoms with Crippen LogP contribution in [0.3, 0.4) is 0 Å². The first-order valence-corrected chi connectivity index (χ1v) is 7.98. The lowest BCUT2D eigenvalue weighted by molar-refractivity contribution is 0.0998. The summed E-state index contributed by atoms with van der Waals surface area (Å²) in [6.45, 7) is 1.80. The number of para-hydroxylation sites is 1. The summed E-state index contributed by atoms with van der Waals surface area (Å²) in [6, 6.07) is 11.7. The number of primary amides is 1. The van der Waals surface area contributed by atoms with E-state index in [2.05, 4.69) is 0 Å². The minimum absolute atomic E-state index is 0.0321. The number of benzene rings is 2. The van der Waals surface area contributed by atoms with Gasteiger partial charge in [-0.05, 0) is 31.2 Å². The van der Waals surface area contributed by atoms with Gasteiger partial charge in [-0.25, -0.2) is 17.9 Å². The zero-order valence-electron chi connectivity index (χ0n) is 12.1. The van der Waals surface area contributed by atoms with E-state index in [1.807, 2.05) is 0 Å². The normalized spacial score (nSPS) is 10.8. The predicted octanol–water partition coefficient (Wildman–Crippen LogP) is 1.57. The van der Waals surface area contributed by atoms with Gasteiger partial charge in [-0.3, -0.25) is 4.79 Å². The van der Waals surface area contributed by atoms with Crippen LogP contribution in [0.4, 0.5) is 4.79 Å². The van der Waals surface area contributed by atoms with Crippen LogP contribution in [0.25, 0.3) is 0 Å². The minimum Gasteiger partial charge on any atom is -0.409 e. The van der Waals surface area contributed by atoms with Crippen molar-refractivity contribution >= 4 is 22.0 Å². The average Bonchev–Trinajstić information content (AvgIpc) is 2.47. The number of aryl methyl sites for hydroxylation is 1. The number of hydrogen-bond acceptors (Lipinski definition) is 5. The molecule has 3 N–H and O–H groups in total. The van der Waals surface area contributed by atoms with Gasteiger partial charge in [-0.2, -0.15) is 0 Å². The van der Waals surface area contributed by atoms with E-state index in [1.165, 1.54) is 36.4 Å². The van der Waals surface area contributed by atoms with Gasteiger partial charge in [0.05, 0.1) is 10.5 Å². The minimum atomic E-state index is -4.07. The molecule has 0 saturated heterocycles. The third-order valence-corrected chi connectivity index (χ3v) is 4.23. The maximum absolute atomic E-state index is 12.1. The van der Waals surface area contributed by atoms with Crippen LogP contribution in [0.5, 0.6) is 5.75 Å². The molecule has 0 aromatic heterocycles. The molecule has 2 amide bonds. The van der Waals surface area contributed by atoms with Crippen molar-refractivity contribution in [1.82, 2.24) is 4.72 Å². The quantitative estimate of drug-likeness (QED) is 0.880. The molecule has 7 nitrogen and oxygen atoms in total. The largest absolute Gasteiger partial charge is 0.426 e. The van der Waals surface area contributed by atoms with Crippen molar-refractivity contribution in [3.63, 3.8) is 0 Å². The van der Waals surface area contributed by atoms with Gasteiger partial charge in [0, 0.05) is 0 Å². The van der Waals surface area contributed by atoms with Gasteiger partial charge in [0.1, 0.15) is 5.75 Å². The van der Waals surface area contributed by atoms with Crippen LogP contribution >= 0.6 is 0 Å².